The molecule has 98 valence electrons. The van der Waals surface area contributed by atoms with Crippen molar-refractivity contribution in [1.82, 2.24) is 5.32 Å². The quantitative estimate of drug-likeness (QED) is 0.825. The number of carbonyl (C=O) groups is 1. The smallest absolute Gasteiger partial charge is 0.307 e. The highest BCUT2D eigenvalue weighted by Gasteiger charge is 2.32. The first kappa shape index (κ1) is 13.1. The summed E-state index contributed by atoms with van der Waals surface area (Å²) >= 11 is 0. The third kappa shape index (κ3) is 2.56. The molecule has 0 amide bonds. The summed E-state index contributed by atoms with van der Waals surface area (Å²) in [6.45, 7) is 2.33. The van der Waals surface area contributed by atoms with E-state index in [9.17, 15) is 18.0 Å². The zero-order valence-electron chi connectivity index (χ0n) is 9.97. The van der Waals surface area contributed by atoms with Crippen molar-refractivity contribution in [2.75, 3.05) is 6.54 Å². The fraction of sp³-hybridized carbons (Fsp3) is 0.462. The number of benzene rings is 1. The largest absolute Gasteiger partial charge is 0.416 e. The minimum Gasteiger partial charge on any atom is -0.307 e. The monoisotopic (exact) mass is 257 g/mol. The van der Waals surface area contributed by atoms with Gasteiger partial charge in [0, 0.05) is 5.56 Å². The van der Waals surface area contributed by atoms with Gasteiger partial charge in [0.05, 0.1) is 11.6 Å². The van der Waals surface area contributed by atoms with Crippen LogP contribution < -0.4 is 5.32 Å². The lowest BCUT2D eigenvalue weighted by Gasteiger charge is -2.13. The highest BCUT2D eigenvalue weighted by Crippen LogP contribution is 2.30. The van der Waals surface area contributed by atoms with Crippen LogP contribution in [0.25, 0.3) is 0 Å². The van der Waals surface area contributed by atoms with E-state index >= 15 is 0 Å². The Morgan fingerprint density at radius 3 is 2.61 bits per heavy atom. The Labute approximate surface area is 103 Å². The van der Waals surface area contributed by atoms with Gasteiger partial charge in [-0.05, 0) is 44.0 Å². The van der Waals surface area contributed by atoms with Crippen LogP contribution in [0.1, 0.15) is 34.3 Å². The van der Waals surface area contributed by atoms with Crippen LogP contribution >= 0.6 is 0 Å². The summed E-state index contributed by atoms with van der Waals surface area (Å²) in [7, 11) is 0. The second-order valence-corrected chi connectivity index (χ2v) is 4.54. The van der Waals surface area contributed by atoms with E-state index in [1.807, 2.05) is 0 Å². The van der Waals surface area contributed by atoms with E-state index in [4.69, 9.17) is 0 Å². The standard InChI is InChI=1S/C13H14F3NO/c1-8-7-9(13(14,15)16)4-5-10(8)12(18)11-3-2-6-17-11/h4-5,7,11,17H,2-3,6H2,1H3. The predicted octanol–water partition coefficient (Wildman–Crippen LogP) is 2.95. The predicted molar refractivity (Wildman–Crippen MR) is 61.5 cm³/mol. The molecule has 1 heterocycles. The van der Waals surface area contributed by atoms with Crippen molar-refractivity contribution in [1.29, 1.82) is 0 Å². The van der Waals surface area contributed by atoms with Crippen molar-refractivity contribution in [3.63, 3.8) is 0 Å². The second kappa shape index (κ2) is 4.72. The molecule has 0 spiro atoms. The van der Waals surface area contributed by atoms with Crippen molar-refractivity contribution in [2.24, 2.45) is 0 Å². The van der Waals surface area contributed by atoms with Gasteiger partial charge in [-0.2, -0.15) is 13.2 Å². The summed E-state index contributed by atoms with van der Waals surface area (Å²) < 4.78 is 37.5. The van der Waals surface area contributed by atoms with Crippen molar-refractivity contribution < 1.29 is 18.0 Å². The number of Topliss-reactive ketones (excluding diaryl/α,β-unsaturated/α-hetero) is 1. The SMILES string of the molecule is Cc1cc(C(F)(F)F)ccc1C(=O)C1CCCN1. The molecule has 1 unspecified atom stereocenters. The van der Waals surface area contributed by atoms with Crippen LogP contribution in [0.15, 0.2) is 18.2 Å². The van der Waals surface area contributed by atoms with Crippen LogP contribution in [0.4, 0.5) is 13.2 Å². The molecular formula is C13H14F3NO. The molecule has 5 heteroatoms. The molecule has 0 saturated carbocycles. The average molecular weight is 257 g/mol. The maximum atomic E-state index is 12.5. The van der Waals surface area contributed by atoms with Crippen LogP contribution in [0.5, 0.6) is 0 Å². The van der Waals surface area contributed by atoms with E-state index in [1.165, 1.54) is 13.0 Å². The van der Waals surface area contributed by atoms with E-state index in [0.29, 0.717) is 11.1 Å². The van der Waals surface area contributed by atoms with Gasteiger partial charge in [0.15, 0.2) is 5.78 Å². The summed E-state index contributed by atoms with van der Waals surface area (Å²) in [5, 5.41) is 3.06. The third-order valence-electron chi connectivity index (χ3n) is 3.20. The molecule has 1 aromatic carbocycles. The lowest BCUT2D eigenvalue weighted by Crippen LogP contribution is -2.31. The number of alkyl halides is 3. The molecule has 0 bridgehead atoms. The minimum atomic E-state index is -4.36. The molecule has 1 aliphatic heterocycles. The number of aryl methyl sites for hydroxylation is 1. The highest BCUT2D eigenvalue weighted by molar-refractivity contribution is 6.01. The molecule has 1 atom stereocenters. The van der Waals surface area contributed by atoms with E-state index in [-0.39, 0.29) is 11.8 Å². The molecule has 1 saturated heterocycles. The highest BCUT2D eigenvalue weighted by atomic mass is 19.4. The summed E-state index contributed by atoms with van der Waals surface area (Å²) in [6, 6.07) is 3.03. The lowest BCUT2D eigenvalue weighted by atomic mass is 9.97. The van der Waals surface area contributed by atoms with Gasteiger partial charge in [-0.15, -0.1) is 0 Å². The Bertz CT molecular complexity index is 462. The van der Waals surface area contributed by atoms with E-state index in [1.54, 1.807) is 0 Å². The van der Waals surface area contributed by atoms with Gasteiger partial charge in [-0.1, -0.05) is 6.07 Å². The average Bonchev–Trinajstić information content (AvgIpc) is 2.80. The summed E-state index contributed by atoms with van der Waals surface area (Å²) in [5.74, 6) is -0.112. The zero-order valence-corrected chi connectivity index (χ0v) is 9.97. The van der Waals surface area contributed by atoms with E-state index in [0.717, 1.165) is 31.5 Å². The van der Waals surface area contributed by atoms with Gasteiger partial charge in [-0.25, -0.2) is 0 Å². The van der Waals surface area contributed by atoms with Crippen LogP contribution in [0.2, 0.25) is 0 Å². The number of hydrogen-bond donors (Lipinski definition) is 1. The molecule has 1 aromatic rings. The van der Waals surface area contributed by atoms with Crippen LogP contribution in [0, 0.1) is 6.92 Å². The maximum Gasteiger partial charge on any atom is 0.416 e. The molecule has 0 aliphatic carbocycles. The Kier molecular flexibility index (Phi) is 3.43. The van der Waals surface area contributed by atoms with E-state index in [2.05, 4.69) is 5.32 Å². The zero-order chi connectivity index (χ0) is 13.3. The molecule has 0 aromatic heterocycles. The Morgan fingerprint density at radius 2 is 2.11 bits per heavy atom. The molecule has 2 nitrogen and oxygen atoms in total. The Balaban J connectivity index is 2.27. The van der Waals surface area contributed by atoms with Crippen molar-refractivity contribution >= 4 is 5.78 Å². The maximum absolute atomic E-state index is 12.5. The first-order valence-electron chi connectivity index (χ1n) is 5.85. The fourth-order valence-corrected chi connectivity index (χ4v) is 2.21. The van der Waals surface area contributed by atoms with Gasteiger partial charge in [0.25, 0.3) is 0 Å². The van der Waals surface area contributed by atoms with Gasteiger partial charge >= 0.3 is 6.18 Å². The third-order valence-corrected chi connectivity index (χ3v) is 3.20. The minimum absolute atomic E-state index is 0.112. The van der Waals surface area contributed by atoms with Crippen LogP contribution in [0.3, 0.4) is 0 Å². The fourth-order valence-electron chi connectivity index (χ4n) is 2.21. The van der Waals surface area contributed by atoms with Crippen molar-refractivity contribution in [3.05, 3.63) is 34.9 Å². The number of ketones is 1. The van der Waals surface area contributed by atoms with Gasteiger partial charge in [-0.3, -0.25) is 4.79 Å². The topological polar surface area (TPSA) is 29.1 Å². The Morgan fingerprint density at radius 1 is 1.39 bits per heavy atom. The Hall–Kier alpha value is -1.36. The number of carbonyl (C=O) groups excluding carboxylic acids is 1. The molecule has 18 heavy (non-hydrogen) atoms. The molecule has 0 radical (unpaired) electrons. The number of rotatable bonds is 2. The molecule has 1 fully saturated rings. The van der Waals surface area contributed by atoms with Crippen molar-refractivity contribution in [2.45, 2.75) is 32.0 Å². The van der Waals surface area contributed by atoms with Crippen molar-refractivity contribution in [3.8, 4) is 0 Å². The molecule has 1 N–H and O–H groups in total. The van der Waals surface area contributed by atoms with Gasteiger partial charge in [0.2, 0.25) is 0 Å². The first-order chi connectivity index (χ1) is 8.39. The normalized spacial score (nSPS) is 20.1. The molecular weight excluding hydrogens is 243 g/mol. The lowest BCUT2D eigenvalue weighted by molar-refractivity contribution is -0.137. The summed E-state index contributed by atoms with van der Waals surface area (Å²) in [5.41, 5.74) is 0.0434. The van der Waals surface area contributed by atoms with Gasteiger partial charge in [0.1, 0.15) is 0 Å². The summed E-state index contributed by atoms with van der Waals surface area (Å²) in [6.07, 6.45) is -2.69. The van der Waals surface area contributed by atoms with E-state index < -0.39 is 11.7 Å². The number of nitrogens with one attached hydrogen (secondary N) is 1. The van der Waals surface area contributed by atoms with Crippen LogP contribution in [-0.2, 0) is 6.18 Å². The van der Waals surface area contributed by atoms with Gasteiger partial charge < -0.3 is 5.32 Å². The second-order valence-electron chi connectivity index (χ2n) is 4.54. The number of hydrogen-bond acceptors (Lipinski definition) is 2. The number of halogens is 3. The first-order valence-corrected chi connectivity index (χ1v) is 5.85. The van der Waals surface area contributed by atoms with Crippen LogP contribution in [-0.4, -0.2) is 18.4 Å². The molecule has 2 rings (SSSR count). The molecule has 1 aliphatic rings. The summed E-state index contributed by atoms with van der Waals surface area (Å²) in [4.78, 5) is 12.1.